The number of ether oxygens (including phenoxy) is 3. The number of rotatable bonds is 3. The number of carbonyl (C=O) groups excluding carboxylic acids is 1. The van der Waals surface area contributed by atoms with Crippen molar-refractivity contribution in [2.45, 2.75) is 44.3 Å². The van der Waals surface area contributed by atoms with Crippen LogP contribution in [0.5, 0.6) is 17.4 Å². The van der Waals surface area contributed by atoms with Crippen molar-refractivity contribution < 1.29 is 32.2 Å². The molecule has 1 aromatic carbocycles. The Hall–Kier alpha value is -2.97. The first-order chi connectivity index (χ1) is 14.3. The normalized spacial score (nSPS) is 21.9. The summed E-state index contributed by atoms with van der Waals surface area (Å²) in [7, 11) is 0. The highest BCUT2D eigenvalue weighted by atomic mass is 19.4. The number of pyridine rings is 1. The summed E-state index contributed by atoms with van der Waals surface area (Å²) < 4.78 is 55.2. The number of para-hydroxylation sites is 2. The van der Waals surface area contributed by atoms with Crippen LogP contribution in [0.2, 0.25) is 0 Å². The zero-order valence-electron chi connectivity index (χ0n) is 16.3. The molecule has 30 heavy (non-hydrogen) atoms. The van der Waals surface area contributed by atoms with Gasteiger partial charge in [-0.05, 0) is 25.1 Å². The third kappa shape index (κ3) is 4.29. The van der Waals surface area contributed by atoms with Gasteiger partial charge in [-0.15, -0.1) is 0 Å². The number of hydrogen-bond donors (Lipinski definition) is 0. The fourth-order valence-electron chi connectivity index (χ4n) is 3.55. The highest BCUT2D eigenvalue weighted by Crippen LogP contribution is 2.34. The van der Waals surface area contributed by atoms with Gasteiger partial charge in [0.25, 0.3) is 5.91 Å². The molecule has 9 heteroatoms. The predicted molar refractivity (Wildman–Crippen MR) is 100 cm³/mol. The van der Waals surface area contributed by atoms with E-state index in [-0.39, 0.29) is 17.9 Å². The smallest absolute Gasteiger partial charge is 0.417 e. The van der Waals surface area contributed by atoms with Crippen LogP contribution in [0, 0.1) is 0 Å². The fourth-order valence-corrected chi connectivity index (χ4v) is 3.55. The summed E-state index contributed by atoms with van der Waals surface area (Å²) in [6, 6.07) is 9.38. The summed E-state index contributed by atoms with van der Waals surface area (Å²) in [5.74, 6) is 1.15. The van der Waals surface area contributed by atoms with Crippen LogP contribution in [-0.2, 0) is 11.0 Å². The lowest BCUT2D eigenvalue weighted by atomic mass is 10.1. The summed E-state index contributed by atoms with van der Waals surface area (Å²) in [5.41, 5.74) is -0.819. The quantitative estimate of drug-likeness (QED) is 0.755. The molecule has 0 bridgehead atoms. The van der Waals surface area contributed by atoms with Gasteiger partial charge in [-0.2, -0.15) is 13.2 Å². The van der Waals surface area contributed by atoms with Crippen LogP contribution < -0.4 is 14.2 Å². The zero-order chi connectivity index (χ0) is 21.3. The Bertz CT molecular complexity index is 896. The number of nitrogens with zero attached hydrogens (tertiary/aromatic N) is 2. The van der Waals surface area contributed by atoms with Crippen LogP contribution in [0.15, 0.2) is 42.6 Å². The molecule has 1 fully saturated rings. The molecule has 6 nitrogen and oxygen atoms in total. The average molecular weight is 422 g/mol. The molecule has 0 unspecified atom stereocenters. The first-order valence-electron chi connectivity index (χ1n) is 9.72. The predicted octanol–water partition coefficient (Wildman–Crippen LogP) is 3.70. The topological polar surface area (TPSA) is 60.9 Å². The molecule has 1 aromatic heterocycles. The molecule has 0 N–H and O–H groups in total. The SMILES string of the molecule is C[C@@H]1Oc2ccccc2O[C@H]1C(=O)N1CCC(Oc2ccc(C(F)(F)F)cn2)CC1. The minimum Gasteiger partial charge on any atom is -0.482 e. The van der Waals surface area contributed by atoms with Crippen molar-refractivity contribution in [3.8, 4) is 17.4 Å². The number of carbonyl (C=O) groups is 1. The fraction of sp³-hybridized carbons (Fsp3) is 0.429. The second-order valence-electron chi connectivity index (χ2n) is 7.33. The Morgan fingerprint density at radius 2 is 1.77 bits per heavy atom. The lowest BCUT2D eigenvalue weighted by molar-refractivity contribution is -0.146. The van der Waals surface area contributed by atoms with Gasteiger partial charge in [-0.3, -0.25) is 4.79 Å². The number of piperidine rings is 1. The highest BCUT2D eigenvalue weighted by molar-refractivity contribution is 5.82. The van der Waals surface area contributed by atoms with E-state index in [1.807, 2.05) is 12.1 Å². The minimum absolute atomic E-state index is 0.141. The van der Waals surface area contributed by atoms with Gasteiger partial charge in [0.05, 0.1) is 5.56 Å². The molecule has 2 aromatic rings. The second-order valence-corrected chi connectivity index (χ2v) is 7.33. The van der Waals surface area contributed by atoms with Crippen LogP contribution in [0.1, 0.15) is 25.3 Å². The third-order valence-electron chi connectivity index (χ3n) is 5.19. The summed E-state index contributed by atoms with van der Waals surface area (Å²) >= 11 is 0. The molecule has 2 atom stereocenters. The molecule has 1 amide bonds. The number of likely N-dealkylation sites (tertiary alicyclic amines) is 1. The molecule has 2 aliphatic heterocycles. The van der Waals surface area contributed by atoms with Crippen molar-refractivity contribution in [3.63, 3.8) is 0 Å². The Balaban J connectivity index is 1.32. The summed E-state index contributed by atoms with van der Waals surface area (Å²) in [6.07, 6.45) is -3.94. The van der Waals surface area contributed by atoms with Crippen molar-refractivity contribution in [1.82, 2.24) is 9.88 Å². The van der Waals surface area contributed by atoms with Gasteiger partial charge in [0.1, 0.15) is 12.2 Å². The van der Waals surface area contributed by atoms with Gasteiger partial charge in [-0.25, -0.2) is 4.98 Å². The van der Waals surface area contributed by atoms with Gasteiger partial charge in [0, 0.05) is 38.2 Å². The van der Waals surface area contributed by atoms with E-state index in [0.29, 0.717) is 37.4 Å². The van der Waals surface area contributed by atoms with E-state index >= 15 is 0 Å². The molecule has 3 heterocycles. The third-order valence-corrected chi connectivity index (χ3v) is 5.19. The molecule has 0 spiro atoms. The van der Waals surface area contributed by atoms with E-state index in [0.717, 1.165) is 12.3 Å². The van der Waals surface area contributed by atoms with Crippen molar-refractivity contribution in [3.05, 3.63) is 48.2 Å². The lowest BCUT2D eigenvalue weighted by Gasteiger charge is -2.37. The Kier molecular flexibility index (Phi) is 5.44. The molecular weight excluding hydrogens is 401 g/mol. The van der Waals surface area contributed by atoms with Crippen LogP contribution >= 0.6 is 0 Å². The Labute approximate surface area is 171 Å². The minimum atomic E-state index is -4.43. The monoisotopic (exact) mass is 422 g/mol. The molecular formula is C21H21F3N2O4. The van der Waals surface area contributed by atoms with Gasteiger partial charge >= 0.3 is 6.18 Å². The second kappa shape index (κ2) is 8.04. The van der Waals surface area contributed by atoms with E-state index < -0.39 is 23.9 Å². The first kappa shape index (κ1) is 20.3. The molecule has 4 rings (SSSR count). The van der Waals surface area contributed by atoms with Crippen molar-refractivity contribution in [1.29, 1.82) is 0 Å². The van der Waals surface area contributed by atoms with Crippen molar-refractivity contribution in [2.75, 3.05) is 13.1 Å². The number of hydrogen-bond acceptors (Lipinski definition) is 5. The van der Waals surface area contributed by atoms with E-state index in [1.54, 1.807) is 24.0 Å². The molecule has 160 valence electrons. The summed E-state index contributed by atoms with van der Waals surface area (Å²) in [5, 5.41) is 0. The van der Waals surface area contributed by atoms with Gasteiger partial charge in [0.15, 0.2) is 11.5 Å². The van der Waals surface area contributed by atoms with Crippen molar-refractivity contribution >= 4 is 5.91 Å². The van der Waals surface area contributed by atoms with Crippen LogP contribution in [0.25, 0.3) is 0 Å². The summed E-state index contributed by atoms with van der Waals surface area (Å²) in [4.78, 5) is 18.4. The van der Waals surface area contributed by atoms with E-state index in [1.165, 1.54) is 6.07 Å². The van der Waals surface area contributed by atoms with Crippen LogP contribution in [0.3, 0.4) is 0 Å². The van der Waals surface area contributed by atoms with E-state index in [2.05, 4.69) is 4.98 Å². The highest BCUT2D eigenvalue weighted by Gasteiger charge is 2.38. The Morgan fingerprint density at radius 3 is 2.37 bits per heavy atom. The molecule has 1 saturated heterocycles. The number of fused-ring (bicyclic) bond motifs is 1. The largest absolute Gasteiger partial charge is 0.482 e. The maximum absolute atomic E-state index is 12.9. The van der Waals surface area contributed by atoms with E-state index in [9.17, 15) is 18.0 Å². The van der Waals surface area contributed by atoms with Gasteiger partial charge < -0.3 is 19.1 Å². The zero-order valence-corrected chi connectivity index (χ0v) is 16.3. The van der Waals surface area contributed by atoms with Crippen LogP contribution in [-0.4, -0.2) is 47.2 Å². The number of halogens is 3. The number of amides is 1. The standard InChI is InChI=1S/C21H21F3N2O4/c1-13-19(30-17-5-3-2-4-16(17)28-13)20(27)26-10-8-15(9-11-26)29-18-7-6-14(12-25-18)21(22,23)24/h2-7,12-13,15,19H,8-11H2,1H3/t13-,19+/m0/s1. The summed E-state index contributed by atoms with van der Waals surface area (Å²) in [6.45, 7) is 2.71. The van der Waals surface area contributed by atoms with E-state index in [4.69, 9.17) is 14.2 Å². The van der Waals surface area contributed by atoms with Gasteiger partial charge in [0.2, 0.25) is 12.0 Å². The number of aromatic nitrogens is 1. The maximum atomic E-state index is 12.9. The maximum Gasteiger partial charge on any atom is 0.417 e. The molecule has 0 aliphatic carbocycles. The van der Waals surface area contributed by atoms with Gasteiger partial charge in [-0.1, -0.05) is 12.1 Å². The number of benzene rings is 1. The molecule has 0 radical (unpaired) electrons. The van der Waals surface area contributed by atoms with Crippen LogP contribution in [0.4, 0.5) is 13.2 Å². The van der Waals surface area contributed by atoms with Crippen molar-refractivity contribution in [2.24, 2.45) is 0 Å². The molecule has 0 saturated carbocycles. The Morgan fingerprint density at radius 1 is 1.10 bits per heavy atom. The number of alkyl halides is 3. The lowest BCUT2D eigenvalue weighted by Crippen LogP contribution is -2.53. The first-order valence-corrected chi connectivity index (χ1v) is 9.72. The average Bonchev–Trinajstić information content (AvgIpc) is 2.73. The molecule has 2 aliphatic rings.